The van der Waals surface area contributed by atoms with Gasteiger partial charge >= 0.3 is 5.97 Å². The Morgan fingerprint density at radius 2 is 1.75 bits per heavy atom. The van der Waals surface area contributed by atoms with E-state index in [1.165, 1.54) is 11.1 Å². The maximum atomic E-state index is 13.4. The van der Waals surface area contributed by atoms with Gasteiger partial charge in [0, 0.05) is 80.6 Å². The highest BCUT2D eigenvalue weighted by Crippen LogP contribution is 2.45. The van der Waals surface area contributed by atoms with E-state index in [1.807, 2.05) is 13.0 Å². The lowest BCUT2D eigenvalue weighted by Gasteiger charge is -2.16. The molecule has 5 N–H and O–H groups in total. The molecule has 0 saturated carbocycles. The van der Waals surface area contributed by atoms with Gasteiger partial charge in [0.2, 0.25) is 0 Å². The van der Waals surface area contributed by atoms with Gasteiger partial charge in [-0.25, -0.2) is 0 Å². The molecule has 206 valence electrons. The fourth-order valence-electron chi connectivity index (χ4n) is 6.89. The van der Waals surface area contributed by atoms with E-state index in [1.54, 1.807) is 0 Å². The van der Waals surface area contributed by atoms with Crippen molar-refractivity contribution in [2.24, 2.45) is 11.8 Å². The van der Waals surface area contributed by atoms with E-state index in [0.717, 1.165) is 79.1 Å². The topological polar surface area (TPSA) is 114 Å². The number of aliphatic carboxylic acids is 1. The van der Waals surface area contributed by atoms with E-state index in [0.29, 0.717) is 12.8 Å². The van der Waals surface area contributed by atoms with Crippen molar-refractivity contribution in [1.29, 1.82) is 0 Å². The molecule has 8 bridgehead atoms. The zero-order valence-corrected chi connectivity index (χ0v) is 23.8. The number of ketones is 1. The molecule has 1 fully saturated rings. The lowest BCUT2D eigenvalue weighted by molar-refractivity contribution is -0.137. The number of carbonyl (C=O) groups is 2. The third kappa shape index (κ3) is 3.86. The van der Waals surface area contributed by atoms with E-state index >= 15 is 0 Å². The minimum Gasteiger partial charge on any atom is -0.481 e. The average molecular weight is 537 g/mol. The van der Waals surface area contributed by atoms with E-state index in [-0.39, 0.29) is 24.0 Å². The Kier molecular flexibility index (Phi) is 6.13. The lowest BCUT2D eigenvalue weighted by atomic mass is 9.86. The maximum Gasteiger partial charge on any atom is 0.303 e. The highest BCUT2D eigenvalue weighted by atomic mass is 16.4. The molecule has 40 heavy (non-hydrogen) atoms. The summed E-state index contributed by atoms with van der Waals surface area (Å²) in [7, 11) is 0. The number of fused-ring (bicyclic) bond motifs is 7. The van der Waals surface area contributed by atoms with Gasteiger partial charge in [0.05, 0.1) is 5.69 Å². The fourth-order valence-corrected chi connectivity index (χ4v) is 6.89. The summed E-state index contributed by atoms with van der Waals surface area (Å²) in [6, 6.07) is 0. The molecule has 6 rings (SSSR count). The molecule has 0 spiro atoms. The van der Waals surface area contributed by atoms with E-state index in [2.05, 4.69) is 72.8 Å². The van der Waals surface area contributed by atoms with Crippen LogP contribution in [0.15, 0.2) is 18.0 Å². The number of H-pyrrole nitrogens is 3. The number of carboxylic acids is 1. The average Bonchev–Trinajstić information content (AvgIpc) is 3.65. The van der Waals surface area contributed by atoms with Crippen LogP contribution in [0.3, 0.4) is 0 Å². The summed E-state index contributed by atoms with van der Waals surface area (Å²) in [5, 5.41) is 15.2. The number of carboxylic acid groups (broad SMARTS) is 1. The van der Waals surface area contributed by atoms with Crippen LogP contribution in [-0.2, 0) is 11.2 Å². The first kappa shape index (κ1) is 26.0. The van der Waals surface area contributed by atoms with Crippen LogP contribution in [0.1, 0.15) is 94.1 Å². The Morgan fingerprint density at radius 3 is 2.45 bits per heavy atom. The number of allylic oxidation sites excluding steroid dienone is 3. The van der Waals surface area contributed by atoms with Gasteiger partial charge in [0.1, 0.15) is 0 Å². The molecule has 0 radical (unpaired) electrons. The lowest BCUT2D eigenvalue weighted by Crippen LogP contribution is -2.13. The molecule has 7 nitrogen and oxygen atoms in total. The van der Waals surface area contributed by atoms with Crippen LogP contribution in [0.4, 0.5) is 0 Å². The second-order valence-corrected chi connectivity index (χ2v) is 11.4. The predicted octanol–water partition coefficient (Wildman–Crippen LogP) is 4.83. The molecule has 1 aliphatic carbocycles. The summed E-state index contributed by atoms with van der Waals surface area (Å²) in [5.41, 5.74) is 13.0. The maximum absolute atomic E-state index is 13.4. The fraction of sp³-hybridized carbons (Fsp3) is 0.333. The Hall–Kier alpha value is -4.26. The molecular weight excluding hydrogens is 500 g/mol. The Balaban J connectivity index is 1.69. The largest absolute Gasteiger partial charge is 0.481 e. The zero-order valence-electron chi connectivity index (χ0n) is 23.8. The van der Waals surface area contributed by atoms with Crippen molar-refractivity contribution < 1.29 is 14.7 Å². The second-order valence-electron chi connectivity index (χ2n) is 11.4. The van der Waals surface area contributed by atoms with Crippen molar-refractivity contribution in [3.05, 3.63) is 84.8 Å². The number of carbonyl (C=O) groups excluding carboxylic acids is 1. The van der Waals surface area contributed by atoms with E-state index in [4.69, 9.17) is 0 Å². The zero-order chi connectivity index (χ0) is 28.5. The van der Waals surface area contributed by atoms with Crippen LogP contribution in [0.25, 0.3) is 29.9 Å². The van der Waals surface area contributed by atoms with Crippen molar-refractivity contribution in [3.8, 4) is 0 Å². The summed E-state index contributed by atoms with van der Waals surface area (Å²) in [4.78, 5) is 35.8. The summed E-state index contributed by atoms with van der Waals surface area (Å²) in [6.45, 7) is 14.6. The van der Waals surface area contributed by atoms with Gasteiger partial charge in [-0.2, -0.15) is 0 Å². The van der Waals surface area contributed by atoms with Crippen LogP contribution in [0.2, 0.25) is 0 Å². The molecule has 1 saturated heterocycles. The number of aromatic amines is 3. The van der Waals surface area contributed by atoms with Gasteiger partial charge < -0.3 is 25.4 Å². The van der Waals surface area contributed by atoms with Gasteiger partial charge in [0.15, 0.2) is 5.78 Å². The van der Waals surface area contributed by atoms with Gasteiger partial charge in [0.25, 0.3) is 0 Å². The molecule has 7 heteroatoms. The smallest absolute Gasteiger partial charge is 0.303 e. The summed E-state index contributed by atoms with van der Waals surface area (Å²) in [6.07, 6.45) is 10.0. The first-order valence-electron chi connectivity index (χ1n) is 14.1. The van der Waals surface area contributed by atoms with Crippen LogP contribution in [0.5, 0.6) is 0 Å². The summed E-state index contributed by atoms with van der Waals surface area (Å²) >= 11 is 0. The molecule has 3 aliphatic rings. The summed E-state index contributed by atoms with van der Waals surface area (Å²) < 4.78 is 0. The third-order valence-electron chi connectivity index (χ3n) is 9.20. The van der Waals surface area contributed by atoms with Crippen LogP contribution < -0.4 is 16.0 Å². The predicted molar refractivity (Wildman–Crippen MR) is 159 cm³/mol. The molecule has 0 aromatic carbocycles. The van der Waals surface area contributed by atoms with E-state index < -0.39 is 5.97 Å². The minimum atomic E-state index is -0.814. The molecule has 2 aliphatic heterocycles. The van der Waals surface area contributed by atoms with Crippen molar-refractivity contribution in [3.63, 3.8) is 0 Å². The number of nitrogens with one attached hydrogen (secondary N) is 4. The van der Waals surface area contributed by atoms with Crippen molar-refractivity contribution in [2.75, 3.05) is 0 Å². The first-order chi connectivity index (χ1) is 19.1. The summed E-state index contributed by atoms with van der Waals surface area (Å²) in [5.74, 6) is -0.695. The standard InChI is InChI=1S/C33H36N4O3/c1-7-19-15(3)23-12-25-17(5)21(9-10-30(39)40)32(36-25)22-11-29(38)31-18(6)26(37-33(22)31)14-28-20(8-2)16(4)24(35-28)13-27(19)34-23/h7,12-14,17,21,34-37H,1,8-11H2,2-6H3,(H,39,40)/t17-,21+/m0/s1. The molecule has 3 aromatic rings. The Labute approximate surface area is 233 Å². The highest BCUT2D eigenvalue weighted by Gasteiger charge is 2.39. The van der Waals surface area contributed by atoms with Crippen LogP contribution in [0, 0.1) is 32.6 Å². The van der Waals surface area contributed by atoms with Gasteiger partial charge in [-0.05, 0) is 74.1 Å². The molecular formula is C33H36N4O3. The first-order valence-corrected chi connectivity index (χ1v) is 14.1. The number of hydrogen-bond acceptors (Lipinski definition) is 3. The monoisotopic (exact) mass is 536 g/mol. The van der Waals surface area contributed by atoms with Crippen LogP contribution in [-0.4, -0.2) is 31.8 Å². The normalized spacial score (nSPS) is 19.3. The number of aromatic nitrogens is 3. The molecule has 5 heterocycles. The van der Waals surface area contributed by atoms with Crippen molar-refractivity contribution in [2.45, 2.75) is 60.3 Å². The molecule has 2 atom stereocenters. The Bertz CT molecular complexity index is 1800. The second kappa shape index (κ2) is 9.44. The van der Waals surface area contributed by atoms with E-state index in [9.17, 15) is 14.7 Å². The molecule has 0 amide bonds. The van der Waals surface area contributed by atoms with Gasteiger partial charge in [-0.15, -0.1) is 0 Å². The molecule has 0 unspecified atom stereocenters. The Morgan fingerprint density at radius 1 is 1.02 bits per heavy atom. The quantitative estimate of drug-likeness (QED) is 0.321. The SMILES string of the molecule is C=Cc1c2[nH]c(c1C)C=C1NC(=C3CC(=O)c4c3[nH]c(c4C)C=c3[nH]c(c(C)c3CC)=C2)[C@H](CCC(=O)O)[C@@H]1C. The number of Topliss-reactive ketones (excluding diaryl/α,β-unsaturated/α-hetero) is 1. The minimum absolute atomic E-state index is 0.0390. The van der Waals surface area contributed by atoms with Gasteiger partial charge in [-0.3, -0.25) is 9.59 Å². The van der Waals surface area contributed by atoms with Crippen molar-refractivity contribution in [1.82, 2.24) is 20.3 Å². The molecule has 3 aromatic heterocycles. The third-order valence-corrected chi connectivity index (χ3v) is 9.20. The van der Waals surface area contributed by atoms with Gasteiger partial charge in [-0.1, -0.05) is 26.5 Å². The van der Waals surface area contributed by atoms with Crippen molar-refractivity contribution >= 4 is 41.6 Å². The highest BCUT2D eigenvalue weighted by molar-refractivity contribution is 6.13. The number of rotatable bonds is 5. The number of hydrogen-bond donors (Lipinski definition) is 5. The van der Waals surface area contributed by atoms with Crippen LogP contribution >= 0.6 is 0 Å².